The number of hydrogen-bond donors (Lipinski definition) is 0. The quantitative estimate of drug-likeness (QED) is 0.498. The van der Waals surface area contributed by atoms with Crippen molar-refractivity contribution in [3.05, 3.63) is 83.1 Å². The first-order chi connectivity index (χ1) is 14.9. The van der Waals surface area contributed by atoms with Gasteiger partial charge in [-0.1, -0.05) is 18.1 Å². The Balaban J connectivity index is 1.66. The van der Waals surface area contributed by atoms with Crippen LogP contribution in [-0.2, 0) is 4.84 Å². The molecular formula is C25H24FN3O2. The summed E-state index contributed by atoms with van der Waals surface area (Å²) >= 11 is 0. The van der Waals surface area contributed by atoms with Crippen molar-refractivity contribution in [1.82, 2.24) is 9.97 Å². The first kappa shape index (κ1) is 20.8. The Morgan fingerprint density at radius 2 is 1.94 bits per heavy atom. The van der Waals surface area contributed by atoms with Gasteiger partial charge in [-0.2, -0.15) is 0 Å². The number of ketones is 1. The van der Waals surface area contributed by atoms with E-state index >= 15 is 0 Å². The van der Waals surface area contributed by atoms with Crippen molar-refractivity contribution < 1.29 is 14.0 Å². The number of aryl methyl sites for hydroxylation is 1. The van der Waals surface area contributed by atoms with Crippen molar-refractivity contribution in [2.24, 2.45) is 5.16 Å². The highest BCUT2D eigenvalue weighted by molar-refractivity contribution is 6.05. The third kappa shape index (κ3) is 4.85. The fourth-order valence-corrected chi connectivity index (χ4v) is 3.59. The lowest BCUT2D eigenvalue weighted by Crippen LogP contribution is -2.09. The predicted octanol–water partition coefficient (Wildman–Crippen LogP) is 5.48. The van der Waals surface area contributed by atoms with E-state index in [9.17, 15) is 9.18 Å². The van der Waals surface area contributed by atoms with Gasteiger partial charge in [0.15, 0.2) is 5.78 Å². The number of oxime groups is 1. The number of nitrogens with zero attached hydrogens (tertiary/aromatic N) is 3. The molecule has 6 heteroatoms. The number of pyridine rings is 2. The maximum absolute atomic E-state index is 13.2. The normalized spacial score (nSPS) is 16.5. The van der Waals surface area contributed by atoms with Gasteiger partial charge in [0.1, 0.15) is 11.9 Å². The number of carbonyl (C=O) groups is 1. The Morgan fingerprint density at radius 3 is 2.58 bits per heavy atom. The van der Waals surface area contributed by atoms with Gasteiger partial charge in [-0.05, 0) is 55.8 Å². The summed E-state index contributed by atoms with van der Waals surface area (Å²) in [7, 11) is 0. The zero-order chi connectivity index (χ0) is 22.0. The molecule has 0 saturated carbocycles. The standard InChI is InChI=1S/C25H24FN3O2/c1-15-4-6-23(27-13-15)18-10-19(24-9-17(3)31-29-24)12-20(11-18)25(30)8-16(2)22-7-5-21(26)14-28-22/h4-7,10-14,16-17H,8-9H2,1-3H3/t16-,17?/m0/s1. The van der Waals surface area contributed by atoms with Crippen molar-refractivity contribution in [3.8, 4) is 11.3 Å². The van der Waals surface area contributed by atoms with Gasteiger partial charge in [-0.25, -0.2) is 4.39 Å². The molecule has 158 valence electrons. The van der Waals surface area contributed by atoms with Crippen LogP contribution in [0.4, 0.5) is 4.39 Å². The Labute approximate surface area is 181 Å². The molecule has 0 aliphatic carbocycles. The molecule has 0 amide bonds. The van der Waals surface area contributed by atoms with Crippen LogP contribution in [0.15, 0.2) is 60.0 Å². The first-order valence-corrected chi connectivity index (χ1v) is 10.3. The summed E-state index contributed by atoms with van der Waals surface area (Å²) in [4.78, 5) is 27.2. The van der Waals surface area contributed by atoms with E-state index in [1.54, 1.807) is 6.07 Å². The summed E-state index contributed by atoms with van der Waals surface area (Å²) in [5.41, 5.74) is 5.68. The molecule has 0 spiro atoms. The zero-order valence-electron chi connectivity index (χ0n) is 17.8. The van der Waals surface area contributed by atoms with E-state index in [1.165, 1.54) is 12.3 Å². The Morgan fingerprint density at radius 1 is 1.13 bits per heavy atom. The lowest BCUT2D eigenvalue weighted by atomic mass is 9.92. The van der Waals surface area contributed by atoms with Crippen LogP contribution < -0.4 is 0 Å². The minimum Gasteiger partial charge on any atom is -0.392 e. The minimum atomic E-state index is -0.390. The predicted molar refractivity (Wildman–Crippen MR) is 118 cm³/mol. The Hall–Kier alpha value is -3.41. The molecule has 0 saturated heterocycles. The van der Waals surface area contributed by atoms with Gasteiger partial charge < -0.3 is 4.84 Å². The summed E-state index contributed by atoms with van der Waals surface area (Å²) in [5, 5.41) is 4.19. The van der Waals surface area contributed by atoms with Crippen LogP contribution in [0.25, 0.3) is 11.3 Å². The molecule has 0 fully saturated rings. The van der Waals surface area contributed by atoms with Crippen LogP contribution in [0, 0.1) is 12.7 Å². The van der Waals surface area contributed by atoms with Crippen LogP contribution in [0.5, 0.6) is 0 Å². The molecule has 4 rings (SSSR count). The van der Waals surface area contributed by atoms with E-state index in [1.807, 2.05) is 57.3 Å². The number of benzene rings is 1. The summed E-state index contributed by atoms with van der Waals surface area (Å²) in [5.74, 6) is -0.537. The van der Waals surface area contributed by atoms with Gasteiger partial charge in [0.2, 0.25) is 0 Å². The zero-order valence-corrected chi connectivity index (χ0v) is 17.8. The lowest BCUT2D eigenvalue weighted by molar-refractivity contribution is 0.0974. The maximum atomic E-state index is 13.2. The number of carbonyl (C=O) groups excluding carboxylic acids is 1. The number of halogens is 1. The Kier molecular flexibility index (Phi) is 5.89. The van der Waals surface area contributed by atoms with Gasteiger partial charge in [0.25, 0.3) is 0 Å². The number of aromatic nitrogens is 2. The monoisotopic (exact) mass is 417 g/mol. The van der Waals surface area contributed by atoms with Crippen molar-refractivity contribution in [2.45, 2.75) is 45.6 Å². The van der Waals surface area contributed by atoms with Crippen molar-refractivity contribution in [2.75, 3.05) is 0 Å². The smallest absolute Gasteiger partial charge is 0.163 e. The van der Waals surface area contributed by atoms with Crippen LogP contribution in [0.3, 0.4) is 0 Å². The molecule has 31 heavy (non-hydrogen) atoms. The van der Waals surface area contributed by atoms with E-state index < -0.39 is 0 Å². The highest BCUT2D eigenvalue weighted by Crippen LogP contribution is 2.27. The lowest BCUT2D eigenvalue weighted by Gasteiger charge is -2.12. The van der Waals surface area contributed by atoms with E-state index in [0.29, 0.717) is 17.7 Å². The molecule has 5 nitrogen and oxygen atoms in total. The summed E-state index contributed by atoms with van der Waals surface area (Å²) < 4.78 is 13.2. The SMILES string of the molecule is Cc1ccc(-c2cc(C(=O)C[C@H](C)c3ccc(F)cn3)cc(C3=NOC(C)C3)c2)nc1. The molecule has 1 aromatic carbocycles. The molecule has 0 radical (unpaired) electrons. The highest BCUT2D eigenvalue weighted by atomic mass is 19.1. The van der Waals surface area contributed by atoms with Crippen LogP contribution in [0.2, 0.25) is 0 Å². The molecule has 1 unspecified atom stereocenters. The molecular weight excluding hydrogens is 393 g/mol. The number of hydrogen-bond acceptors (Lipinski definition) is 5. The average Bonchev–Trinajstić information content (AvgIpc) is 3.20. The first-order valence-electron chi connectivity index (χ1n) is 10.3. The average molecular weight is 417 g/mol. The molecule has 3 heterocycles. The summed E-state index contributed by atoms with van der Waals surface area (Å²) in [6.45, 7) is 5.87. The molecule has 0 N–H and O–H groups in total. The molecule has 3 aromatic rings. The van der Waals surface area contributed by atoms with E-state index in [4.69, 9.17) is 4.84 Å². The summed E-state index contributed by atoms with van der Waals surface area (Å²) in [6, 6.07) is 12.7. The third-order valence-electron chi connectivity index (χ3n) is 5.37. The van der Waals surface area contributed by atoms with Crippen molar-refractivity contribution in [3.63, 3.8) is 0 Å². The van der Waals surface area contributed by atoms with E-state index in [-0.39, 0.29) is 30.0 Å². The maximum Gasteiger partial charge on any atom is 0.163 e. The fourth-order valence-electron chi connectivity index (χ4n) is 3.59. The van der Waals surface area contributed by atoms with Crippen molar-refractivity contribution in [1.29, 1.82) is 0 Å². The number of rotatable bonds is 6. The molecule has 0 bridgehead atoms. The summed E-state index contributed by atoms with van der Waals surface area (Å²) in [6.07, 6.45) is 3.96. The molecule has 1 aliphatic rings. The van der Waals surface area contributed by atoms with Crippen molar-refractivity contribution >= 4 is 11.5 Å². The van der Waals surface area contributed by atoms with Crippen LogP contribution >= 0.6 is 0 Å². The van der Waals surface area contributed by atoms with Crippen LogP contribution in [0.1, 0.15) is 59.8 Å². The van der Waals surface area contributed by atoms with Crippen LogP contribution in [-0.4, -0.2) is 27.6 Å². The van der Waals surface area contributed by atoms with E-state index in [0.717, 1.165) is 28.1 Å². The molecule has 2 aromatic heterocycles. The van der Waals surface area contributed by atoms with Gasteiger partial charge >= 0.3 is 0 Å². The molecule has 2 atom stereocenters. The topological polar surface area (TPSA) is 64.4 Å². The fraction of sp³-hybridized carbons (Fsp3) is 0.280. The van der Waals surface area contributed by atoms with Gasteiger partial charge in [0, 0.05) is 47.3 Å². The second-order valence-corrected chi connectivity index (χ2v) is 8.11. The highest BCUT2D eigenvalue weighted by Gasteiger charge is 2.21. The number of Topliss-reactive ketones (excluding diaryl/α,β-unsaturated/α-hetero) is 1. The second-order valence-electron chi connectivity index (χ2n) is 8.11. The Bertz CT molecular complexity index is 1120. The van der Waals surface area contributed by atoms with Gasteiger partial charge in [-0.15, -0.1) is 0 Å². The molecule has 1 aliphatic heterocycles. The van der Waals surface area contributed by atoms with Gasteiger partial charge in [0.05, 0.1) is 17.6 Å². The van der Waals surface area contributed by atoms with Gasteiger partial charge in [-0.3, -0.25) is 14.8 Å². The largest absolute Gasteiger partial charge is 0.392 e. The third-order valence-corrected chi connectivity index (χ3v) is 5.37. The minimum absolute atomic E-state index is 0.0126. The van der Waals surface area contributed by atoms with E-state index in [2.05, 4.69) is 15.1 Å². The second kappa shape index (κ2) is 8.76.